The Morgan fingerprint density at radius 2 is 2.21 bits per heavy atom. The van der Waals surface area contributed by atoms with E-state index in [9.17, 15) is 0 Å². The van der Waals surface area contributed by atoms with Crippen molar-refractivity contribution in [2.24, 2.45) is 18.9 Å². The van der Waals surface area contributed by atoms with E-state index in [-0.39, 0.29) is 0 Å². The lowest BCUT2D eigenvalue weighted by Crippen LogP contribution is -2.33. The molecular formula is C16H29N3. The van der Waals surface area contributed by atoms with Gasteiger partial charge in [-0.1, -0.05) is 33.1 Å². The van der Waals surface area contributed by atoms with Gasteiger partial charge < -0.3 is 5.32 Å². The SMILES string of the molecule is CCNC(c1cc(C)nn1C)C1CCCC(CC)C1. The summed E-state index contributed by atoms with van der Waals surface area (Å²) in [7, 11) is 2.08. The number of hydrogen-bond acceptors (Lipinski definition) is 2. The number of rotatable bonds is 5. The fourth-order valence-corrected chi connectivity index (χ4v) is 3.66. The molecule has 3 heteroatoms. The Labute approximate surface area is 117 Å². The van der Waals surface area contributed by atoms with Crippen LogP contribution in [0.1, 0.15) is 63.4 Å². The molecule has 0 radical (unpaired) electrons. The molecule has 19 heavy (non-hydrogen) atoms. The molecule has 2 rings (SSSR count). The fourth-order valence-electron chi connectivity index (χ4n) is 3.66. The van der Waals surface area contributed by atoms with Crippen LogP contribution in [0, 0.1) is 18.8 Å². The number of nitrogens with zero attached hydrogens (tertiary/aromatic N) is 2. The highest BCUT2D eigenvalue weighted by atomic mass is 15.3. The second kappa shape index (κ2) is 6.56. The van der Waals surface area contributed by atoms with Crippen LogP contribution < -0.4 is 5.32 Å². The van der Waals surface area contributed by atoms with Crippen LogP contribution in [0.25, 0.3) is 0 Å². The van der Waals surface area contributed by atoms with Crippen LogP contribution in [0.3, 0.4) is 0 Å². The highest BCUT2D eigenvalue weighted by molar-refractivity contribution is 5.14. The molecule has 3 unspecified atom stereocenters. The molecule has 0 spiro atoms. The zero-order valence-corrected chi connectivity index (χ0v) is 12.9. The van der Waals surface area contributed by atoms with Gasteiger partial charge in [-0.25, -0.2) is 0 Å². The van der Waals surface area contributed by atoms with Crippen molar-refractivity contribution in [2.45, 2.75) is 58.9 Å². The minimum atomic E-state index is 0.477. The molecular weight excluding hydrogens is 234 g/mol. The molecule has 1 aromatic heterocycles. The lowest BCUT2D eigenvalue weighted by molar-refractivity contribution is 0.205. The van der Waals surface area contributed by atoms with Crippen LogP contribution in [0.2, 0.25) is 0 Å². The summed E-state index contributed by atoms with van der Waals surface area (Å²) in [5.74, 6) is 1.70. The van der Waals surface area contributed by atoms with Gasteiger partial charge in [0.1, 0.15) is 0 Å². The smallest absolute Gasteiger partial charge is 0.0597 e. The third-order valence-electron chi connectivity index (χ3n) is 4.65. The molecule has 0 saturated heterocycles. The summed E-state index contributed by atoms with van der Waals surface area (Å²) in [6.07, 6.45) is 6.88. The topological polar surface area (TPSA) is 29.9 Å². The predicted octanol–water partition coefficient (Wildman–Crippen LogP) is 3.60. The largest absolute Gasteiger partial charge is 0.309 e. The number of nitrogens with one attached hydrogen (secondary N) is 1. The van der Waals surface area contributed by atoms with Crippen molar-refractivity contribution in [2.75, 3.05) is 6.54 Å². The maximum atomic E-state index is 4.52. The van der Waals surface area contributed by atoms with E-state index in [0.29, 0.717) is 6.04 Å². The summed E-state index contributed by atoms with van der Waals surface area (Å²) < 4.78 is 2.07. The van der Waals surface area contributed by atoms with E-state index >= 15 is 0 Å². The first-order valence-electron chi connectivity index (χ1n) is 7.89. The molecule has 0 bridgehead atoms. The second-order valence-electron chi connectivity index (χ2n) is 6.07. The molecule has 3 nitrogen and oxygen atoms in total. The monoisotopic (exact) mass is 263 g/mol. The number of hydrogen-bond donors (Lipinski definition) is 1. The highest BCUT2D eigenvalue weighted by Gasteiger charge is 2.30. The van der Waals surface area contributed by atoms with Gasteiger partial charge in [-0.2, -0.15) is 5.10 Å². The summed E-state index contributed by atoms with van der Waals surface area (Å²) in [6, 6.07) is 2.73. The predicted molar refractivity (Wildman–Crippen MR) is 80.1 cm³/mol. The number of aryl methyl sites for hydroxylation is 2. The van der Waals surface area contributed by atoms with Crippen molar-refractivity contribution in [3.8, 4) is 0 Å². The molecule has 0 aliphatic heterocycles. The van der Waals surface area contributed by atoms with Gasteiger partial charge in [-0.3, -0.25) is 4.68 Å². The Morgan fingerprint density at radius 3 is 2.79 bits per heavy atom. The minimum Gasteiger partial charge on any atom is -0.309 e. The third-order valence-corrected chi connectivity index (χ3v) is 4.65. The van der Waals surface area contributed by atoms with Crippen molar-refractivity contribution in [3.05, 3.63) is 17.5 Å². The summed E-state index contributed by atoms with van der Waals surface area (Å²) in [6.45, 7) is 7.66. The van der Waals surface area contributed by atoms with Gasteiger partial charge in [-0.15, -0.1) is 0 Å². The molecule has 1 aromatic rings. The fraction of sp³-hybridized carbons (Fsp3) is 0.812. The first kappa shape index (κ1) is 14.6. The Hall–Kier alpha value is -0.830. The van der Waals surface area contributed by atoms with Crippen LogP contribution >= 0.6 is 0 Å². The summed E-state index contributed by atoms with van der Waals surface area (Å²) in [5.41, 5.74) is 2.49. The van der Waals surface area contributed by atoms with Gasteiger partial charge in [0, 0.05) is 7.05 Å². The van der Waals surface area contributed by atoms with E-state index in [1.54, 1.807) is 0 Å². The van der Waals surface area contributed by atoms with E-state index in [4.69, 9.17) is 0 Å². The van der Waals surface area contributed by atoms with Crippen LogP contribution in [0.4, 0.5) is 0 Å². The Morgan fingerprint density at radius 1 is 1.42 bits per heavy atom. The molecule has 1 heterocycles. The van der Waals surface area contributed by atoms with Gasteiger partial charge in [-0.05, 0) is 44.2 Å². The third kappa shape index (κ3) is 3.38. The Balaban J connectivity index is 2.17. The molecule has 1 fully saturated rings. The van der Waals surface area contributed by atoms with Gasteiger partial charge in [0.05, 0.1) is 17.4 Å². The Bertz CT molecular complexity index is 397. The zero-order chi connectivity index (χ0) is 13.8. The van der Waals surface area contributed by atoms with Crippen molar-refractivity contribution >= 4 is 0 Å². The molecule has 3 atom stereocenters. The normalized spacial score (nSPS) is 25.5. The lowest BCUT2D eigenvalue weighted by Gasteiger charge is -2.34. The molecule has 1 N–H and O–H groups in total. The van der Waals surface area contributed by atoms with E-state index in [2.05, 4.69) is 49.0 Å². The van der Waals surface area contributed by atoms with Crippen LogP contribution in [-0.2, 0) is 7.05 Å². The van der Waals surface area contributed by atoms with Gasteiger partial charge in [0.15, 0.2) is 0 Å². The van der Waals surface area contributed by atoms with Crippen molar-refractivity contribution < 1.29 is 0 Å². The Kier molecular flexibility index (Phi) is 5.03. The average molecular weight is 263 g/mol. The van der Waals surface area contributed by atoms with Crippen LogP contribution in [-0.4, -0.2) is 16.3 Å². The van der Waals surface area contributed by atoms with Crippen LogP contribution in [0.5, 0.6) is 0 Å². The minimum absolute atomic E-state index is 0.477. The van der Waals surface area contributed by atoms with Gasteiger partial charge in [0.25, 0.3) is 0 Å². The molecule has 1 saturated carbocycles. The van der Waals surface area contributed by atoms with Gasteiger partial charge >= 0.3 is 0 Å². The standard InChI is InChI=1S/C16H29N3/c1-5-13-8-7-9-14(11-13)16(17-6-2)15-10-12(3)18-19(15)4/h10,13-14,16-17H,5-9,11H2,1-4H3. The summed E-state index contributed by atoms with van der Waals surface area (Å²) in [4.78, 5) is 0. The summed E-state index contributed by atoms with van der Waals surface area (Å²) in [5, 5.41) is 8.23. The molecule has 1 aliphatic rings. The first-order valence-corrected chi connectivity index (χ1v) is 7.89. The molecule has 108 valence electrons. The van der Waals surface area contributed by atoms with E-state index in [1.165, 1.54) is 37.8 Å². The van der Waals surface area contributed by atoms with Gasteiger partial charge in [0.2, 0.25) is 0 Å². The second-order valence-corrected chi connectivity index (χ2v) is 6.07. The quantitative estimate of drug-likeness (QED) is 0.879. The maximum absolute atomic E-state index is 4.52. The van der Waals surface area contributed by atoms with Crippen molar-refractivity contribution in [1.82, 2.24) is 15.1 Å². The highest BCUT2D eigenvalue weighted by Crippen LogP contribution is 2.38. The van der Waals surface area contributed by atoms with Crippen molar-refractivity contribution in [3.63, 3.8) is 0 Å². The van der Waals surface area contributed by atoms with E-state index in [0.717, 1.165) is 24.1 Å². The first-order chi connectivity index (χ1) is 9.15. The number of aromatic nitrogens is 2. The molecule has 0 aromatic carbocycles. The van der Waals surface area contributed by atoms with E-state index < -0.39 is 0 Å². The lowest BCUT2D eigenvalue weighted by atomic mass is 9.76. The van der Waals surface area contributed by atoms with Crippen molar-refractivity contribution in [1.29, 1.82) is 0 Å². The maximum Gasteiger partial charge on any atom is 0.0597 e. The van der Waals surface area contributed by atoms with E-state index in [1.807, 2.05) is 0 Å². The molecule has 1 aliphatic carbocycles. The summed E-state index contributed by atoms with van der Waals surface area (Å²) >= 11 is 0. The molecule has 0 amide bonds. The zero-order valence-electron chi connectivity index (χ0n) is 12.9. The van der Waals surface area contributed by atoms with Crippen LogP contribution in [0.15, 0.2) is 6.07 Å². The average Bonchev–Trinajstić information content (AvgIpc) is 2.75.